The number of rotatable bonds is 9. The molecule has 2 aromatic carbocycles. The molecule has 1 saturated carbocycles. The Hall–Kier alpha value is -4.59. The first-order chi connectivity index (χ1) is 21.1. The third kappa shape index (κ3) is 6.07. The summed E-state index contributed by atoms with van der Waals surface area (Å²) < 4.78 is 75.5. The molecule has 44 heavy (non-hydrogen) atoms. The minimum atomic E-state index is -4.91. The minimum Gasteiger partial charge on any atom is -0.459 e. The lowest BCUT2D eigenvalue weighted by molar-refractivity contribution is -0.144. The Kier molecular flexibility index (Phi) is 7.93. The van der Waals surface area contributed by atoms with Gasteiger partial charge in [0.2, 0.25) is 5.82 Å². The third-order valence-electron chi connectivity index (χ3n) is 7.55. The molecule has 2 aromatic heterocycles. The Bertz CT molecular complexity index is 1650. The van der Waals surface area contributed by atoms with E-state index in [0.29, 0.717) is 0 Å². The highest BCUT2D eigenvalue weighted by molar-refractivity contribution is 5.90. The Balaban J connectivity index is 1.32. The lowest BCUT2D eigenvalue weighted by Gasteiger charge is -2.19. The number of hydrogen-bond acceptors (Lipinski definition) is 9. The van der Waals surface area contributed by atoms with E-state index in [1.54, 1.807) is 36.4 Å². The fourth-order valence-corrected chi connectivity index (χ4v) is 5.03. The quantitative estimate of drug-likeness (QED) is 0.196. The van der Waals surface area contributed by atoms with Crippen molar-refractivity contribution < 1.29 is 41.4 Å². The molecule has 0 bridgehead atoms. The number of carbonyl (C=O) groups excluding carboxylic acids is 2. The van der Waals surface area contributed by atoms with E-state index < -0.39 is 55.2 Å². The summed E-state index contributed by atoms with van der Waals surface area (Å²) in [6.45, 7) is 1.32. The zero-order valence-electron chi connectivity index (χ0n) is 23.3. The molecule has 0 radical (unpaired) electrons. The SMILES string of the molecule is CC(Nc1nc(C(F)(F)F)nc2c1ncn2[C@@H]1O[C@H](COC(=O)c2ccccc2)[C@@H](OC(=O)c2ccccc2)[C@@H]1F)C1CC1. The average molecular weight is 614 g/mol. The van der Waals surface area contributed by atoms with Crippen molar-refractivity contribution in [2.24, 2.45) is 5.92 Å². The highest BCUT2D eigenvalue weighted by Crippen LogP contribution is 2.39. The number of hydrogen-bond donors (Lipinski definition) is 1. The molecule has 1 aliphatic carbocycles. The van der Waals surface area contributed by atoms with Crippen LogP contribution in [0.1, 0.15) is 52.5 Å². The van der Waals surface area contributed by atoms with Gasteiger partial charge in [0, 0.05) is 6.04 Å². The van der Waals surface area contributed by atoms with Gasteiger partial charge in [-0.3, -0.25) is 4.57 Å². The summed E-state index contributed by atoms with van der Waals surface area (Å²) in [4.78, 5) is 37.0. The number of imidazole rings is 1. The minimum absolute atomic E-state index is 0.0157. The molecule has 4 aromatic rings. The Labute approximate surface area is 248 Å². The smallest absolute Gasteiger partial charge is 0.451 e. The number of carbonyl (C=O) groups is 2. The van der Waals surface area contributed by atoms with Crippen molar-refractivity contribution in [1.82, 2.24) is 19.5 Å². The van der Waals surface area contributed by atoms with Crippen molar-refractivity contribution in [2.45, 2.75) is 56.6 Å². The van der Waals surface area contributed by atoms with E-state index in [0.717, 1.165) is 23.7 Å². The molecule has 6 rings (SSSR count). The van der Waals surface area contributed by atoms with Crippen molar-refractivity contribution in [1.29, 1.82) is 0 Å². The van der Waals surface area contributed by atoms with E-state index >= 15 is 4.39 Å². The van der Waals surface area contributed by atoms with E-state index in [4.69, 9.17) is 14.2 Å². The first-order valence-electron chi connectivity index (χ1n) is 14.0. The van der Waals surface area contributed by atoms with Crippen LogP contribution in [-0.4, -0.2) is 62.5 Å². The zero-order valence-corrected chi connectivity index (χ0v) is 23.3. The summed E-state index contributed by atoms with van der Waals surface area (Å²) >= 11 is 0. The van der Waals surface area contributed by atoms with Gasteiger partial charge >= 0.3 is 18.1 Å². The van der Waals surface area contributed by atoms with E-state index in [9.17, 15) is 22.8 Å². The van der Waals surface area contributed by atoms with Gasteiger partial charge in [-0.1, -0.05) is 36.4 Å². The number of halogens is 4. The number of anilines is 1. The standard InChI is InChI=1S/C30H27F4N5O5/c1-16(17-12-13-17)36-24-22-25(38-29(37-24)30(32,33)34)39(15-35-22)26-21(31)23(44-28(41)19-10-6-3-7-11-19)20(43-26)14-42-27(40)18-8-4-2-5-9-18/h2-11,15-17,20-21,23,26H,12-14H2,1H3,(H,36,37,38)/t16?,20-,21+,23-,26-/m1/s1. The predicted octanol–water partition coefficient (Wildman–Crippen LogP) is 5.37. The first-order valence-corrected chi connectivity index (χ1v) is 14.0. The van der Waals surface area contributed by atoms with Crippen molar-refractivity contribution in [2.75, 3.05) is 11.9 Å². The highest BCUT2D eigenvalue weighted by atomic mass is 19.4. The number of nitrogens with one attached hydrogen (secondary N) is 1. The van der Waals surface area contributed by atoms with Crippen molar-refractivity contribution in [3.8, 4) is 0 Å². The number of nitrogens with zero attached hydrogens (tertiary/aromatic N) is 4. The molecule has 5 atom stereocenters. The average Bonchev–Trinajstić information content (AvgIpc) is 3.72. The lowest BCUT2D eigenvalue weighted by atomic mass is 10.1. The maximum Gasteiger partial charge on any atom is 0.451 e. The number of esters is 2. The van der Waals surface area contributed by atoms with Crippen molar-refractivity contribution >= 4 is 28.9 Å². The first kappa shape index (κ1) is 29.5. The third-order valence-corrected chi connectivity index (χ3v) is 7.55. The van der Waals surface area contributed by atoms with Gasteiger partial charge in [-0.15, -0.1) is 0 Å². The van der Waals surface area contributed by atoms with Gasteiger partial charge in [0.05, 0.1) is 17.5 Å². The van der Waals surface area contributed by atoms with Crippen LogP contribution in [0.2, 0.25) is 0 Å². The van der Waals surface area contributed by atoms with Crippen LogP contribution in [0.4, 0.5) is 23.4 Å². The second-order valence-electron chi connectivity index (χ2n) is 10.7. The Morgan fingerprint density at radius 3 is 2.27 bits per heavy atom. The monoisotopic (exact) mass is 613 g/mol. The van der Waals surface area contributed by atoms with Crippen LogP contribution in [0.25, 0.3) is 11.2 Å². The number of aromatic nitrogens is 4. The van der Waals surface area contributed by atoms with Crippen LogP contribution in [0.3, 0.4) is 0 Å². The van der Waals surface area contributed by atoms with E-state index in [2.05, 4.69) is 20.3 Å². The number of ether oxygens (including phenoxy) is 3. The van der Waals surface area contributed by atoms with Crippen LogP contribution >= 0.6 is 0 Å². The van der Waals surface area contributed by atoms with Gasteiger partial charge < -0.3 is 19.5 Å². The zero-order chi connectivity index (χ0) is 31.0. The number of alkyl halides is 4. The molecular weight excluding hydrogens is 586 g/mol. The fraction of sp³-hybridized carbons (Fsp3) is 0.367. The van der Waals surface area contributed by atoms with Gasteiger partial charge in [0.1, 0.15) is 12.7 Å². The summed E-state index contributed by atoms with van der Waals surface area (Å²) in [6, 6.07) is 15.7. The van der Waals surface area contributed by atoms with E-state index in [1.165, 1.54) is 24.3 Å². The highest BCUT2D eigenvalue weighted by Gasteiger charge is 2.50. The van der Waals surface area contributed by atoms with Crippen LogP contribution in [0, 0.1) is 5.92 Å². The lowest BCUT2D eigenvalue weighted by Crippen LogP contribution is -2.37. The molecule has 1 unspecified atom stereocenters. The van der Waals surface area contributed by atoms with Gasteiger partial charge in [0.25, 0.3) is 0 Å². The molecule has 0 amide bonds. The molecule has 3 heterocycles. The normalized spacial score (nSPS) is 22.5. The molecule has 2 aliphatic rings. The van der Waals surface area contributed by atoms with Crippen molar-refractivity contribution in [3.05, 3.63) is 83.9 Å². The summed E-state index contributed by atoms with van der Waals surface area (Å²) in [5.41, 5.74) is 0.0204. The van der Waals surface area contributed by atoms with Crippen LogP contribution < -0.4 is 5.32 Å². The molecule has 1 N–H and O–H groups in total. The molecule has 2 fully saturated rings. The summed E-state index contributed by atoms with van der Waals surface area (Å²) in [7, 11) is 0. The Morgan fingerprint density at radius 2 is 1.66 bits per heavy atom. The number of benzene rings is 2. The number of fused-ring (bicyclic) bond motifs is 1. The second-order valence-corrected chi connectivity index (χ2v) is 10.7. The fourth-order valence-electron chi connectivity index (χ4n) is 5.03. The summed E-state index contributed by atoms with van der Waals surface area (Å²) in [6.07, 6.45) is -8.59. The van der Waals surface area contributed by atoms with Gasteiger partial charge in [0.15, 0.2) is 35.5 Å². The molecular formula is C30H27F4N5O5. The summed E-state index contributed by atoms with van der Waals surface area (Å²) in [5, 5.41) is 3.00. The molecule has 1 saturated heterocycles. The van der Waals surface area contributed by atoms with E-state index in [1.807, 2.05) is 6.92 Å². The van der Waals surface area contributed by atoms with Gasteiger partial charge in [-0.25, -0.2) is 28.9 Å². The predicted molar refractivity (Wildman–Crippen MR) is 147 cm³/mol. The molecule has 230 valence electrons. The van der Waals surface area contributed by atoms with Crippen LogP contribution in [-0.2, 0) is 20.4 Å². The van der Waals surface area contributed by atoms with E-state index in [-0.39, 0.29) is 40.1 Å². The Morgan fingerprint density at radius 1 is 1.02 bits per heavy atom. The van der Waals surface area contributed by atoms with Crippen molar-refractivity contribution in [3.63, 3.8) is 0 Å². The van der Waals surface area contributed by atoms with Gasteiger partial charge in [-0.2, -0.15) is 13.2 Å². The maximum absolute atomic E-state index is 16.2. The van der Waals surface area contributed by atoms with Gasteiger partial charge in [-0.05, 0) is 49.9 Å². The second kappa shape index (κ2) is 11.8. The molecule has 10 nitrogen and oxygen atoms in total. The maximum atomic E-state index is 16.2. The molecule has 0 spiro atoms. The molecule has 1 aliphatic heterocycles. The topological polar surface area (TPSA) is 117 Å². The van der Waals surface area contributed by atoms with Crippen LogP contribution in [0.5, 0.6) is 0 Å². The summed E-state index contributed by atoms with van der Waals surface area (Å²) in [5.74, 6) is -2.89. The van der Waals surface area contributed by atoms with Crippen LogP contribution in [0.15, 0.2) is 67.0 Å². The molecule has 14 heteroatoms. The largest absolute Gasteiger partial charge is 0.459 e.